The Bertz CT molecular complexity index is 505. The molecule has 3 nitrogen and oxygen atoms in total. The van der Waals surface area contributed by atoms with Crippen LogP contribution in [0.15, 0.2) is 24.3 Å². The molecule has 102 valence electrons. The quantitative estimate of drug-likeness (QED) is 0.907. The minimum atomic E-state index is -0.311. The fraction of sp³-hybridized carbons (Fsp3) is 0.533. The molecular formula is C15H19FN2O. The lowest BCUT2D eigenvalue weighted by molar-refractivity contribution is -0.130. The lowest BCUT2D eigenvalue weighted by atomic mass is 10.1. The van der Waals surface area contributed by atoms with E-state index < -0.39 is 0 Å². The van der Waals surface area contributed by atoms with Crippen molar-refractivity contribution in [2.24, 2.45) is 5.92 Å². The number of hydrogen-bond donors (Lipinski definition) is 1. The number of rotatable bonds is 3. The first kappa shape index (κ1) is 12.6. The van der Waals surface area contributed by atoms with Crippen LogP contribution in [0.1, 0.15) is 38.4 Å². The molecule has 4 heteroatoms. The average molecular weight is 262 g/mol. The predicted molar refractivity (Wildman–Crippen MR) is 70.8 cm³/mol. The average Bonchev–Trinajstić information content (AvgIpc) is 3.01. The molecule has 19 heavy (non-hydrogen) atoms. The minimum Gasteiger partial charge on any atom is -0.318 e. The van der Waals surface area contributed by atoms with Crippen LogP contribution >= 0.6 is 0 Å². The zero-order chi connectivity index (χ0) is 13.6. The number of nitrogens with zero attached hydrogens (tertiary/aromatic N) is 1. The molecule has 1 N–H and O–H groups in total. The molecule has 0 spiro atoms. The van der Waals surface area contributed by atoms with Gasteiger partial charge in [-0.1, -0.05) is 32.0 Å². The SMILES string of the molecule is CCC1NC(c2ccccc2F)N(C2CC2C)C1=O. The Morgan fingerprint density at radius 2 is 2.11 bits per heavy atom. The molecule has 2 fully saturated rings. The van der Waals surface area contributed by atoms with Gasteiger partial charge in [0.15, 0.2) is 0 Å². The minimum absolute atomic E-state index is 0.116. The molecule has 1 saturated carbocycles. The number of benzene rings is 1. The molecule has 1 saturated heterocycles. The monoisotopic (exact) mass is 262 g/mol. The molecule has 1 aromatic carbocycles. The zero-order valence-electron chi connectivity index (χ0n) is 11.3. The van der Waals surface area contributed by atoms with E-state index in [-0.39, 0.29) is 30.0 Å². The summed E-state index contributed by atoms with van der Waals surface area (Å²) in [7, 11) is 0. The first-order valence-corrected chi connectivity index (χ1v) is 6.96. The van der Waals surface area contributed by atoms with Crippen molar-refractivity contribution in [2.45, 2.75) is 44.9 Å². The first-order chi connectivity index (χ1) is 9.13. The van der Waals surface area contributed by atoms with Crippen molar-refractivity contribution < 1.29 is 9.18 Å². The van der Waals surface area contributed by atoms with Gasteiger partial charge in [-0.05, 0) is 24.8 Å². The maximum Gasteiger partial charge on any atom is 0.241 e. The second-order valence-electron chi connectivity index (χ2n) is 5.58. The molecule has 2 aliphatic rings. The van der Waals surface area contributed by atoms with Gasteiger partial charge in [-0.3, -0.25) is 10.1 Å². The summed E-state index contributed by atoms with van der Waals surface area (Å²) in [5.74, 6) is 0.392. The van der Waals surface area contributed by atoms with E-state index in [0.717, 1.165) is 12.8 Å². The van der Waals surface area contributed by atoms with Crippen LogP contribution in [0.2, 0.25) is 0 Å². The van der Waals surface area contributed by atoms with E-state index >= 15 is 0 Å². The van der Waals surface area contributed by atoms with Crippen LogP contribution < -0.4 is 5.32 Å². The van der Waals surface area contributed by atoms with Gasteiger partial charge in [-0.15, -0.1) is 0 Å². The highest BCUT2D eigenvalue weighted by Gasteiger charge is 2.50. The maximum absolute atomic E-state index is 14.0. The van der Waals surface area contributed by atoms with Crippen LogP contribution in [0.25, 0.3) is 0 Å². The summed E-state index contributed by atoms with van der Waals surface area (Å²) in [6.45, 7) is 4.11. The Kier molecular flexibility index (Phi) is 3.05. The van der Waals surface area contributed by atoms with E-state index in [1.54, 1.807) is 12.1 Å². The molecule has 4 atom stereocenters. The van der Waals surface area contributed by atoms with Crippen molar-refractivity contribution in [3.05, 3.63) is 35.6 Å². The first-order valence-electron chi connectivity index (χ1n) is 6.96. The number of halogens is 1. The van der Waals surface area contributed by atoms with Gasteiger partial charge in [-0.2, -0.15) is 0 Å². The Morgan fingerprint density at radius 1 is 1.42 bits per heavy atom. The Morgan fingerprint density at radius 3 is 2.68 bits per heavy atom. The lowest BCUT2D eigenvalue weighted by Gasteiger charge is -2.25. The molecule has 1 aromatic rings. The van der Waals surface area contributed by atoms with Crippen LogP contribution in [0.3, 0.4) is 0 Å². The van der Waals surface area contributed by atoms with Crippen molar-refractivity contribution in [3.8, 4) is 0 Å². The molecular weight excluding hydrogens is 243 g/mol. The number of carbonyl (C=O) groups is 1. The van der Waals surface area contributed by atoms with Crippen molar-refractivity contribution in [1.82, 2.24) is 10.2 Å². The van der Waals surface area contributed by atoms with Gasteiger partial charge < -0.3 is 4.90 Å². The molecule has 4 unspecified atom stereocenters. The van der Waals surface area contributed by atoms with Gasteiger partial charge in [0, 0.05) is 11.6 Å². The highest BCUT2D eigenvalue weighted by molar-refractivity contribution is 5.85. The summed E-state index contributed by atoms with van der Waals surface area (Å²) in [4.78, 5) is 14.3. The smallest absolute Gasteiger partial charge is 0.241 e. The molecule has 0 radical (unpaired) electrons. The molecule has 1 heterocycles. The van der Waals surface area contributed by atoms with Crippen molar-refractivity contribution in [3.63, 3.8) is 0 Å². The Labute approximate surface area is 112 Å². The van der Waals surface area contributed by atoms with E-state index in [2.05, 4.69) is 12.2 Å². The van der Waals surface area contributed by atoms with Crippen LogP contribution in [0, 0.1) is 11.7 Å². The summed E-state index contributed by atoms with van der Waals surface area (Å²) in [6, 6.07) is 6.79. The number of hydrogen-bond acceptors (Lipinski definition) is 2. The topological polar surface area (TPSA) is 32.3 Å². The second-order valence-corrected chi connectivity index (χ2v) is 5.58. The summed E-state index contributed by atoms with van der Waals surface area (Å²) in [5, 5.41) is 3.28. The van der Waals surface area contributed by atoms with Crippen molar-refractivity contribution in [2.75, 3.05) is 0 Å². The molecule has 1 aliphatic heterocycles. The standard InChI is InChI=1S/C15H19FN2O/c1-3-12-15(19)18(13-8-9(13)2)14(17-12)10-6-4-5-7-11(10)16/h4-7,9,12-14,17H,3,8H2,1-2H3. The van der Waals surface area contributed by atoms with Crippen LogP contribution in [-0.4, -0.2) is 22.9 Å². The third-order valence-electron chi connectivity index (χ3n) is 4.22. The van der Waals surface area contributed by atoms with Gasteiger partial charge in [0.25, 0.3) is 0 Å². The fourth-order valence-corrected chi connectivity index (χ4v) is 2.92. The number of carbonyl (C=O) groups excluding carboxylic acids is 1. The van der Waals surface area contributed by atoms with Crippen molar-refractivity contribution in [1.29, 1.82) is 0 Å². The maximum atomic E-state index is 14.0. The van der Waals surface area contributed by atoms with Crippen LogP contribution in [0.5, 0.6) is 0 Å². The van der Waals surface area contributed by atoms with Gasteiger partial charge in [-0.25, -0.2) is 4.39 Å². The van der Waals surface area contributed by atoms with E-state index in [0.29, 0.717) is 11.5 Å². The summed E-state index contributed by atoms with van der Waals surface area (Å²) >= 11 is 0. The van der Waals surface area contributed by atoms with Crippen LogP contribution in [-0.2, 0) is 4.79 Å². The highest BCUT2D eigenvalue weighted by atomic mass is 19.1. The summed E-state index contributed by atoms with van der Waals surface area (Å²) in [6.07, 6.45) is 1.45. The van der Waals surface area contributed by atoms with Gasteiger partial charge >= 0.3 is 0 Å². The van der Waals surface area contributed by atoms with E-state index in [9.17, 15) is 9.18 Å². The van der Waals surface area contributed by atoms with E-state index in [1.165, 1.54) is 6.07 Å². The molecule has 1 aliphatic carbocycles. The molecule has 1 amide bonds. The molecule has 0 aromatic heterocycles. The summed E-state index contributed by atoms with van der Waals surface area (Å²) < 4.78 is 14.0. The third kappa shape index (κ3) is 2.04. The van der Waals surface area contributed by atoms with Crippen molar-refractivity contribution >= 4 is 5.91 Å². The largest absolute Gasteiger partial charge is 0.318 e. The predicted octanol–water partition coefficient (Wildman–Crippen LogP) is 2.44. The highest BCUT2D eigenvalue weighted by Crippen LogP contribution is 2.42. The Balaban J connectivity index is 1.94. The number of amides is 1. The summed E-state index contributed by atoms with van der Waals surface area (Å²) in [5.41, 5.74) is 0.575. The van der Waals surface area contributed by atoms with Gasteiger partial charge in [0.2, 0.25) is 5.91 Å². The zero-order valence-corrected chi connectivity index (χ0v) is 11.3. The normalized spacial score (nSPS) is 33.8. The molecule has 3 rings (SSSR count). The van der Waals surface area contributed by atoms with Crippen LogP contribution in [0.4, 0.5) is 4.39 Å². The van der Waals surface area contributed by atoms with Gasteiger partial charge in [0.1, 0.15) is 12.0 Å². The Hall–Kier alpha value is -1.42. The fourth-order valence-electron chi connectivity index (χ4n) is 2.92. The van der Waals surface area contributed by atoms with E-state index in [1.807, 2.05) is 17.9 Å². The van der Waals surface area contributed by atoms with E-state index in [4.69, 9.17) is 0 Å². The third-order valence-corrected chi connectivity index (χ3v) is 4.22. The molecule has 0 bridgehead atoms. The van der Waals surface area contributed by atoms with Gasteiger partial charge in [0.05, 0.1) is 6.04 Å². The number of nitrogens with one attached hydrogen (secondary N) is 1. The second kappa shape index (κ2) is 4.60. The lowest BCUT2D eigenvalue weighted by Crippen LogP contribution is -2.34.